The summed E-state index contributed by atoms with van der Waals surface area (Å²) in [6.45, 7) is 1.21. The lowest BCUT2D eigenvalue weighted by molar-refractivity contribution is 0.174. The van der Waals surface area contributed by atoms with Crippen LogP contribution >= 0.6 is 0 Å². The van der Waals surface area contributed by atoms with Crippen LogP contribution in [0.5, 0.6) is 11.5 Å². The maximum Gasteiger partial charge on any atom is 0.247 e. The molecular weight excluding hydrogens is 358 g/mol. The van der Waals surface area contributed by atoms with Gasteiger partial charge in [0.1, 0.15) is 0 Å². The Balaban J connectivity index is 1.36. The van der Waals surface area contributed by atoms with Crippen molar-refractivity contribution in [2.45, 2.75) is 36.9 Å². The maximum absolute atomic E-state index is 12.5. The number of hydrogen-bond donors (Lipinski definition) is 0. The monoisotopic (exact) mass is 377 g/mol. The fraction of sp³-hybridized carbons (Fsp3) is 0.529. The van der Waals surface area contributed by atoms with Crippen LogP contribution in [0.4, 0.5) is 0 Å². The van der Waals surface area contributed by atoms with Crippen LogP contribution in [0.1, 0.15) is 37.5 Å². The van der Waals surface area contributed by atoms with Crippen molar-refractivity contribution in [3.63, 3.8) is 0 Å². The summed E-state index contributed by atoms with van der Waals surface area (Å²) in [5, 5.41) is 8.13. The Morgan fingerprint density at radius 2 is 1.92 bits per heavy atom. The molecule has 9 heteroatoms. The zero-order valence-electron chi connectivity index (χ0n) is 14.1. The van der Waals surface area contributed by atoms with E-state index in [0.717, 1.165) is 31.2 Å². The number of ether oxygens (including phenoxy) is 2. The molecule has 0 amide bonds. The zero-order valence-corrected chi connectivity index (χ0v) is 14.9. The minimum Gasteiger partial charge on any atom is -0.454 e. The molecule has 1 unspecified atom stereocenters. The second-order valence-corrected chi connectivity index (χ2v) is 9.17. The Bertz CT molecular complexity index is 938. The van der Waals surface area contributed by atoms with E-state index in [2.05, 4.69) is 10.2 Å². The largest absolute Gasteiger partial charge is 0.454 e. The van der Waals surface area contributed by atoms with E-state index in [1.807, 2.05) is 18.2 Å². The zero-order chi connectivity index (χ0) is 17.7. The Kier molecular flexibility index (Phi) is 3.68. The Morgan fingerprint density at radius 3 is 2.77 bits per heavy atom. The Morgan fingerprint density at radius 1 is 1.08 bits per heavy atom. The minimum absolute atomic E-state index is 0.0625. The Hall–Kier alpha value is -2.13. The lowest BCUT2D eigenvalue weighted by atomic mass is 10.00. The van der Waals surface area contributed by atoms with Crippen molar-refractivity contribution in [1.82, 2.24) is 14.5 Å². The summed E-state index contributed by atoms with van der Waals surface area (Å²) in [6.07, 6.45) is 3.20. The van der Waals surface area contributed by atoms with Gasteiger partial charge in [-0.05, 0) is 43.9 Å². The third-order valence-corrected chi connectivity index (χ3v) is 7.46. The van der Waals surface area contributed by atoms with Crippen LogP contribution in [0.2, 0.25) is 0 Å². The topological polar surface area (TPSA) is 94.8 Å². The second kappa shape index (κ2) is 5.95. The van der Waals surface area contributed by atoms with Crippen molar-refractivity contribution in [3.8, 4) is 23.0 Å². The van der Waals surface area contributed by atoms with Gasteiger partial charge >= 0.3 is 0 Å². The third-order valence-electron chi connectivity index (χ3n) is 5.10. The molecule has 1 saturated carbocycles. The molecule has 1 aliphatic carbocycles. The van der Waals surface area contributed by atoms with Crippen molar-refractivity contribution < 1.29 is 22.3 Å². The van der Waals surface area contributed by atoms with Gasteiger partial charge in [0.25, 0.3) is 0 Å². The molecule has 26 heavy (non-hydrogen) atoms. The molecular formula is C17H19N3O5S. The maximum atomic E-state index is 12.5. The van der Waals surface area contributed by atoms with Crippen molar-refractivity contribution >= 4 is 10.0 Å². The quantitative estimate of drug-likeness (QED) is 0.805. The number of hydrogen-bond acceptors (Lipinski definition) is 7. The van der Waals surface area contributed by atoms with Crippen LogP contribution in [0, 0.1) is 0 Å². The predicted molar refractivity (Wildman–Crippen MR) is 91.3 cm³/mol. The fourth-order valence-corrected chi connectivity index (χ4v) is 5.42. The molecule has 5 rings (SSSR count). The molecule has 2 aromatic rings. The number of benzene rings is 1. The minimum atomic E-state index is -3.17. The molecule has 2 aliphatic heterocycles. The summed E-state index contributed by atoms with van der Waals surface area (Å²) < 4.78 is 43.1. The summed E-state index contributed by atoms with van der Waals surface area (Å²) in [7, 11) is -3.17. The van der Waals surface area contributed by atoms with Gasteiger partial charge in [-0.1, -0.05) is 0 Å². The van der Waals surface area contributed by atoms with E-state index in [1.165, 1.54) is 0 Å². The van der Waals surface area contributed by atoms with E-state index in [9.17, 15) is 8.42 Å². The van der Waals surface area contributed by atoms with Gasteiger partial charge in [0.05, 0.1) is 11.2 Å². The van der Waals surface area contributed by atoms with Gasteiger partial charge in [0.2, 0.25) is 28.6 Å². The number of nitrogens with zero attached hydrogens (tertiary/aromatic N) is 3. The second-order valence-electron chi connectivity index (χ2n) is 6.95. The average Bonchev–Trinajstić information content (AvgIpc) is 3.23. The first-order chi connectivity index (χ1) is 12.6. The van der Waals surface area contributed by atoms with Gasteiger partial charge in [-0.3, -0.25) is 0 Å². The molecule has 3 aliphatic rings. The van der Waals surface area contributed by atoms with Crippen LogP contribution in [0.25, 0.3) is 11.5 Å². The van der Waals surface area contributed by atoms with Gasteiger partial charge in [0.15, 0.2) is 11.5 Å². The van der Waals surface area contributed by atoms with E-state index in [-0.39, 0.29) is 18.0 Å². The van der Waals surface area contributed by atoms with Crippen LogP contribution in [-0.4, -0.2) is 48.1 Å². The number of aromatic nitrogens is 2. The lowest BCUT2D eigenvalue weighted by Crippen LogP contribution is -2.40. The number of piperidine rings is 1. The van der Waals surface area contributed by atoms with E-state index in [4.69, 9.17) is 13.9 Å². The molecule has 1 saturated heterocycles. The number of sulfonamides is 1. The molecule has 2 fully saturated rings. The molecule has 1 aromatic carbocycles. The molecule has 138 valence electrons. The summed E-state index contributed by atoms with van der Waals surface area (Å²) in [6, 6.07) is 5.46. The highest BCUT2D eigenvalue weighted by Crippen LogP contribution is 2.37. The van der Waals surface area contributed by atoms with Crippen LogP contribution in [0.15, 0.2) is 22.6 Å². The average molecular weight is 377 g/mol. The summed E-state index contributed by atoms with van der Waals surface area (Å²) in [5.41, 5.74) is 0.756. The van der Waals surface area contributed by atoms with Crippen LogP contribution < -0.4 is 9.47 Å². The van der Waals surface area contributed by atoms with E-state index < -0.39 is 10.0 Å². The van der Waals surface area contributed by atoms with Gasteiger partial charge in [-0.2, -0.15) is 0 Å². The van der Waals surface area contributed by atoms with Crippen LogP contribution in [0.3, 0.4) is 0 Å². The van der Waals surface area contributed by atoms with Gasteiger partial charge in [-0.25, -0.2) is 12.7 Å². The summed E-state index contributed by atoms with van der Waals surface area (Å²) in [5.74, 6) is 2.18. The normalized spacial score (nSPS) is 23.3. The van der Waals surface area contributed by atoms with E-state index >= 15 is 0 Å². The Labute approximate surface area is 151 Å². The first-order valence-electron chi connectivity index (χ1n) is 8.83. The predicted octanol–water partition coefficient (Wildman–Crippen LogP) is 2.14. The van der Waals surface area contributed by atoms with Gasteiger partial charge < -0.3 is 13.9 Å². The SMILES string of the molecule is O=S(=O)(C1CC1)N1CCCC(c2nnc(-c3ccc4c(c3)OCO4)o2)C1. The highest BCUT2D eigenvalue weighted by molar-refractivity contribution is 7.90. The number of fused-ring (bicyclic) bond motifs is 1. The molecule has 0 bridgehead atoms. The van der Waals surface area contributed by atoms with Crippen molar-refractivity contribution in [1.29, 1.82) is 0 Å². The van der Waals surface area contributed by atoms with Gasteiger partial charge in [0, 0.05) is 18.7 Å². The first kappa shape index (κ1) is 16.1. The van der Waals surface area contributed by atoms with Crippen molar-refractivity contribution in [2.75, 3.05) is 19.9 Å². The molecule has 8 nitrogen and oxygen atoms in total. The third kappa shape index (κ3) is 2.75. The van der Waals surface area contributed by atoms with Crippen LogP contribution in [-0.2, 0) is 10.0 Å². The van der Waals surface area contributed by atoms with E-state index in [0.29, 0.717) is 36.4 Å². The molecule has 1 atom stereocenters. The fourth-order valence-electron chi connectivity index (χ4n) is 3.50. The lowest BCUT2D eigenvalue weighted by Gasteiger charge is -2.30. The standard InChI is InChI=1S/C17H19N3O5S/c21-26(22,13-4-5-13)20-7-1-2-12(9-20)17-19-18-16(25-17)11-3-6-14-15(8-11)24-10-23-14/h3,6,8,12-13H,1-2,4-5,7,9-10H2. The molecule has 0 N–H and O–H groups in total. The van der Waals surface area contributed by atoms with Crippen molar-refractivity contribution in [2.24, 2.45) is 0 Å². The molecule has 0 radical (unpaired) electrons. The summed E-state index contributed by atoms with van der Waals surface area (Å²) >= 11 is 0. The summed E-state index contributed by atoms with van der Waals surface area (Å²) in [4.78, 5) is 0. The van der Waals surface area contributed by atoms with Gasteiger partial charge in [-0.15, -0.1) is 10.2 Å². The van der Waals surface area contributed by atoms with Crippen molar-refractivity contribution in [3.05, 3.63) is 24.1 Å². The molecule has 3 heterocycles. The molecule has 1 aromatic heterocycles. The van der Waals surface area contributed by atoms with E-state index in [1.54, 1.807) is 4.31 Å². The highest BCUT2D eigenvalue weighted by atomic mass is 32.2. The highest BCUT2D eigenvalue weighted by Gasteiger charge is 2.42. The molecule has 0 spiro atoms. The smallest absolute Gasteiger partial charge is 0.247 e. The first-order valence-corrected chi connectivity index (χ1v) is 10.3. The number of rotatable bonds is 4.